The largest absolute Gasteiger partial charge is 0.392 e. The van der Waals surface area contributed by atoms with Gasteiger partial charge in [0.2, 0.25) is 0 Å². The molecule has 0 aliphatic heterocycles. The summed E-state index contributed by atoms with van der Waals surface area (Å²) in [6, 6.07) is 0. The molecule has 0 spiro atoms. The van der Waals surface area contributed by atoms with Crippen molar-refractivity contribution < 1.29 is 20.1 Å². The Hall–Kier alpha value is -0.890. The number of fused-ring (bicyclic) bond motifs is 1. The lowest BCUT2D eigenvalue weighted by Gasteiger charge is -2.51. The topological polar surface area (TPSA) is 77.8 Å². The highest BCUT2D eigenvalue weighted by Crippen LogP contribution is 2.48. The molecule has 0 aromatic carbocycles. The summed E-state index contributed by atoms with van der Waals surface area (Å²) in [7, 11) is 0. The summed E-state index contributed by atoms with van der Waals surface area (Å²) < 4.78 is 0. The number of ketones is 1. The number of hydrogen-bond donors (Lipinski definition) is 3. The SMILES string of the molecule is CCCCCCC[C@H](O)C#C[C@@H]1[C@@H](O)CC[C@@]2(O)C(=O)C[C@@H]12. The molecule has 0 radical (unpaired) electrons. The number of carbonyl (C=O) groups excluding carboxylic acids is 1. The molecule has 2 aliphatic carbocycles. The van der Waals surface area contributed by atoms with Crippen LogP contribution in [-0.2, 0) is 4.79 Å². The van der Waals surface area contributed by atoms with E-state index in [0.717, 1.165) is 12.8 Å². The molecule has 0 amide bonds. The standard InChI is InChI=1S/C18H28O4/c1-2-3-4-5-6-7-13(19)8-9-14-15-12-17(21)18(15,22)11-10-16(14)20/h13-16,19-20,22H,2-7,10-12H2,1H3/t13-,14-,15-,16-,18-/m0/s1. The fraction of sp³-hybridized carbons (Fsp3) is 0.833. The maximum Gasteiger partial charge on any atom is 0.165 e. The van der Waals surface area contributed by atoms with Crippen LogP contribution in [0.1, 0.15) is 64.7 Å². The second-order valence-electron chi connectivity index (χ2n) is 6.80. The van der Waals surface area contributed by atoms with Crippen molar-refractivity contribution in [3.63, 3.8) is 0 Å². The first-order valence-corrected chi connectivity index (χ1v) is 8.62. The maximum absolute atomic E-state index is 11.6. The zero-order valence-corrected chi connectivity index (χ0v) is 13.4. The molecule has 2 saturated carbocycles. The van der Waals surface area contributed by atoms with Gasteiger partial charge in [-0.2, -0.15) is 0 Å². The van der Waals surface area contributed by atoms with E-state index in [-0.39, 0.29) is 11.7 Å². The molecule has 2 fully saturated rings. The molecule has 0 aromatic rings. The minimum absolute atomic E-state index is 0.132. The summed E-state index contributed by atoms with van der Waals surface area (Å²) in [4.78, 5) is 11.6. The highest BCUT2D eigenvalue weighted by molar-refractivity contribution is 5.94. The molecular weight excluding hydrogens is 280 g/mol. The third-order valence-electron chi connectivity index (χ3n) is 5.17. The lowest BCUT2D eigenvalue weighted by atomic mass is 9.56. The summed E-state index contributed by atoms with van der Waals surface area (Å²) in [6.45, 7) is 2.17. The number of carbonyl (C=O) groups is 1. The van der Waals surface area contributed by atoms with Gasteiger partial charge in [0, 0.05) is 12.3 Å². The zero-order chi connectivity index (χ0) is 16.2. The van der Waals surface area contributed by atoms with Crippen LogP contribution >= 0.6 is 0 Å². The van der Waals surface area contributed by atoms with E-state index >= 15 is 0 Å². The number of Topliss-reactive ketones (excluding diaryl/α,β-unsaturated/α-hetero) is 1. The predicted molar refractivity (Wildman–Crippen MR) is 84.0 cm³/mol. The summed E-state index contributed by atoms with van der Waals surface area (Å²) in [6.07, 6.45) is 6.05. The normalized spacial score (nSPS) is 35.1. The van der Waals surface area contributed by atoms with Crippen molar-refractivity contribution in [1.82, 2.24) is 0 Å². The van der Waals surface area contributed by atoms with E-state index in [2.05, 4.69) is 18.8 Å². The smallest absolute Gasteiger partial charge is 0.165 e. The van der Waals surface area contributed by atoms with Crippen LogP contribution in [0.25, 0.3) is 0 Å². The van der Waals surface area contributed by atoms with Crippen molar-refractivity contribution in [3.05, 3.63) is 0 Å². The van der Waals surface area contributed by atoms with Gasteiger partial charge in [-0.1, -0.05) is 44.4 Å². The fourth-order valence-electron chi connectivity index (χ4n) is 3.59. The quantitative estimate of drug-likeness (QED) is 0.516. The Morgan fingerprint density at radius 2 is 2.05 bits per heavy atom. The summed E-state index contributed by atoms with van der Waals surface area (Å²) >= 11 is 0. The third-order valence-corrected chi connectivity index (χ3v) is 5.17. The van der Waals surface area contributed by atoms with Crippen LogP contribution in [-0.4, -0.2) is 38.9 Å². The van der Waals surface area contributed by atoms with Gasteiger partial charge in [0.05, 0.1) is 12.0 Å². The van der Waals surface area contributed by atoms with Crippen molar-refractivity contribution in [2.24, 2.45) is 11.8 Å². The predicted octanol–water partition coefficient (Wildman–Crippen LogP) is 1.80. The van der Waals surface area contributed by atoms with Crippen molar-refractivity contribution in [2.75, 3.05) is 0 Å². The fourth-order valence-corrected chi connectivity index (χ4v) is 3.59. The van der Waals surface area contributed by atoms with Gasteiger partial charge in [-0.25, -0.2) is 0 Å². The monoisotopic (exact) mass is 308 g/mol. The maximum atomic E-state index is 11.6. The first kappa shape index (κ1) is 17.5. The van der Waals surface area contributed by atoms with E-state index in [1.54, 1.807) is 0 Å². The summed E-state index contributed by atoms with van der Waals surface area (Å²) in [5.74, 6) is 4.95. The Balaban J connectivity index is 1.83. The number of hydrogen-bond acceptors (Lipinski definition) is 4. The van der Waals surface area contributed by atoms with Crippen molar-refractivity contribution in [1.29, 1.82) is 0 Å². The average Bonchev–Trinajstić information content (AvgIpc) is 2.50. The van der Waals surface area contributed by atoms with Gasteiger partial charge in [-0.05, 0) is 25.7 Å². The second-order valence-corrected chi connectivity index (χ2v) is 6.80. The average molecular weight is 308 g/mol. The van der Waals surface area contributed by atoms with Crippen LogP contribution in [0.2, 0.25) is 0 Å². The molecule has 0 aromatic heterocycles. The van der Waals surface area contributed by atoms with Gasteiger partial charge < -0.3 is 15.3 Å². The van der Waals surface area contributed by atoms with E-state index in [1.807, 2.05) is 0 Å². The van der Waals surface area contributed by atoms with Crippen molar-refractivity contribution in [2.45, 2.75) is 82.5 Å². The Morgan fingerprint density at radius 3 is 2.73 bits per heavy atom. The van der Waals surface area contributed by atoms with Gasteiger partial charge >= 0.3 is 0 Å². The highest BCUT2D eigenvalue weighted by atomic mass is 16.3. The lowest BCUT2D eigenvalue weighted by molar-refractivity contribution is -0.181. The van der Waals surface area contributed by atoms with E-state index < -0.39 is 23.7 Å². The third kappa shape index (κ3) is 3.71. The molecule has 22 heavy (non-hydrogen) atoms. The number of rotatable bonds is 6. The van der Waals surface area contributed by atoms with E-state index in [0.29, 0.717) is 25.7 Å². The Labute approximate surface area is 132 Å². The van der Waals surface area contributed by atoms with Gasteiger partial charge in [0.15, 0.2) is 5.78 Å². The Morgan fingerprint density at radius 1 is 1.32 bits per heavy atom. The first-order valence-electron chi connectivity index (χ1n) is 8.62. The molecular formula is C18H28O4. The van der Waals surface area contributed by atoms with Crippen LogP contribution in [0.5, 0.6) is 0 Å². The minimum Gasteiger partial charge on any atom is -0.392 e. The van der Waals surface area contributed by atoms with E-state index in [9.17, 15) is 20.1 Å². The van der Waals surface area contributed by atoms with Gasteiger partial charge in [-0.3, -0.25) is 4.79 Å². The summed E-state index contributed by atoms with van der Waals surface area (Å²) in [5, 5.41) is 30.3. The van der Waals surface area contributed by atoms with Gasteiger partial charge in [0.25, 0.3) is 0 Å². The van der Waals surface area contributed by atoms with Crippen LogP contribution < -0.4 is 0 Å². The van der Waals surface area contributed by atoms with Crippen molar-refractivity contribution >= 4 is 5.78 Å². The minimum atomic E-state index is -1.27. The molecule has 0 unspecified atom stereocenters. The molecule has 0 bridgehead atoms. The zero-order valence-electron chi connectivity index (χ0n) is 13.4. The van der Waals surface area contributed by atoms with E-state index in [4.69, 9.17) is 0 Å². The molecule has 2 rings (SSSR count). The second kappa shape index (κ2) is 7.59. The number of unbranched alkanes of at least 4 members (excludes halogenated alkanes) is 4. The van der Waals surface area contributed by atoms with Crippen molar-refractivity contribution in [3.8, 4) is 11.8 Å². The van der Waals surface area contributed by atoms with Crippen LogP contribution in [0.3, 0.4) is 0 Å². The molecule has 5 atom stereocenters. The van der Waals surface area contributed by atoms with Gasteiger partial charge in [0.1, 0.15) is 11.7 Å². The molecule has 2 aliphatic rings. The number of aliphatic hydroxyl groups is 3. The molecule has 3 N–H and O–H groups in total. The van der Waals surface area contributed by atoms with Crippen LogP contribution in [0.15, 0.2) is 0 Å². The highest BCUT2D eigenvalue weighted by Gasteiger charge is 2.59. The Kier molecular flexibility index (Phi) is 6.02. The van der Waals surface area contributed by atoms with Crippen LogP contribution in [0, 0.1) is 23.7 Å². The molecule has 4 heteroatoms. The molecule has 0 heterocycles. The molecule has 4 nitrogen and oxygen atoms in total. The number of aliphatic hydroxyl groups excluding tert-OH is 2. The molecule has 0 saturated heterocycles. The lowest BCUT2D eigenvalue weighted by Crippen LogP contribution is -2.63. The first-order chi connectivity index (χ1) is 10.5. The molecule has 124 valence electrons. The van der Waals surface area contributed by atoms with Crippen LogP contribution in [0.4, 0.5) is 0 Å². The Bertz CT molecular complexity index is 450. The van der Waals surface area contributed by atoms with Gasteiger partial charge in [-0.15, -0.1) is 0 Å². The van der Waals surface area contributed by atoms with E-state index in [1.165, 1.54) is 19.3 Å². The summed E-state index contributed by atoms with van der Waals surface area (Å²) in [5.41, 5.74) is -1.27.